The molecule has 41 heavy (non-hydrogen) atoms. The van der Waals surface area contributed by atoms with Crippen molar-refractivity contribution in [2.45, 2.75) is 58.5 Å². The normalized spacial score (nSPS) is 25.0. The van der Waals surface area contributed by atoms with Crippen molar-refractivity contribution in [3.05, 3.63) is 52.8 Å². The first kappa shape index (κ1) is 27.2. The number of halogens is 3. The number of aromatic nitrogens is 4. The molecule has 218 valence electrons. The van der Waals surface area contributed by atoms with Gasteiger partial charge in [-0.25, -0.2) is 9.48 Å². The van der Waals surface area contributed by atoms with Crippen LogP contribution in [0.5, 0.6) is 0 Å². The van der Waals surface area contributed by atoms with Crippen LogP contribution in [0.3, 0.4) is 0 Å². The van der Waals surface area contributed by atoms with Gasteiger partial charge in [-0.15, -0.1) is 0 Å². The van der Waals surface area contributed by atoms with Crippen molar-refractivity contribution in [1.82, 2.24) is 24.5 Å². The molecular weight excluding hydrogens is 539 g/mol. The van der Waals surface area contributed by atoms with Crippen LogP contribution in [0.2, 0.25) is 0 Å². The van der Waals surface area contributed by atoms with E-state index in [9.17, 15) is 22.8 Å². The summed E-state index contributed by atoms with van der Waals surface area (Å²) in [5, 5.41) is 8.98. The summed E-state index contributed by atoms with van der Waals surface area (Å²) in [6, 6.07) is 3.83. The summed E-state index contributed by atoms with van der Waals surface area (Å²) in [6.07, 6.45) is -0.896. The number of primary amides is 1. The Morgan fingerprint density at radius 2 is 1.93 bits per heavy atom. The van der Waals surface area contributed by atoms with E-state index in [0.717, 1.165) is 18.6 Å². The molecule has 3 fully saturated rings. The molecule has 1 unspecified atom stereocenters. The van der Waals surface area contributed by atoms with Gasteiger partial charge in [-0.05, 0) is 63.6 Å². The maximum Gasteiger partial charge on any atom is 0.416 e. The van der Waals surface area contributed by atoms with Gasteiger partial charge in [0, 0.05) is 30.3 Å². The van der Waals surface area contributed by atoms with Gasteiger partial charge in [-0.1, -0.05) is 11.6 Å². The molecule has 0 bridgehead atoms. The summed E-state index contributed by atoms with van der Waals surface area (Å²) >= 11 is 0. The number of nitrogens with two attached hydrogens (primary N) is 2. The molecule has 2 saturated carbocycles. The molecule has 3 aliphatic rings. The summed E-state index contributed by atoms with van der Waals surface area (Å²) in [5.74, 6) is 0.0281. The molecule has 1 spiro atoms. The molecule has 3 heterocycles. The standard InChI is InChI=1S/C28H32F3N7O3/c1-14-5-15(7-17(6-14)28(29,30)31)10-37-11-16(9-34-37)22-20(24(33)39)23(32)38(35-22)19-8-27-13-36(12-18(27)21(19)27)25(40)41-26(2,3)4/h5-7,9,11,18-19,21H,8,10,12-13,32H2,1-4H3,(H2,33,39)/t18?,19-,21-,27+/m1/s1. The van der Waals surface area contributed by atoms with Crippen LogP contribution in [0.25, 0.3) is 11.3 Å². The molecule has 4 atom stereocenters. The van der Waals surface area contributed by atoms with Crippen LogP contribution in [-0.2, 0) is 17.5 Å². The Labute approximate surface area is 234 Å². The van der Waals surface area contributed by atoms with Crippen molar-refractivity contribution < 1.29 is 27.5 Å². The highest BCUT2D eigenvalue weighted by molar-refractivity contribution is 6.03. The second kappa shape index (κ2) is 8.73. The number of carbonyl (C=O) groups is 2. The number of aryl methyl sites for hydroxylation is 1. The molecule has 2 amide bonds. The number of piperidine rings is 1. The number of carbonyl (C=O) groups excluding carboxylic acids is 2. The molecule has 2 aromatic heterocycles. The Morgan fingerprint density at radius 1 is 1.20 bits per heavy atom. The quantitative estimate of drug-likeness (QED) is 0.471. The lowest BCUT2D eigenvalue weighted by Crippen LogP contribution is -2.42. The molecular formula is C28H32F3N7O3. The summed E-state index contributed by atoms with van der Waals surface area (Å²) in [4.78, 5) is 26.7. The lowest BCUT2D eigenvalue weighted by Gasteiger charge is -2.37. The third-order valence-corrected chi connectivity index (χ3v) is 8.51. The van der Waals surface area contributed by atoms with E-state index in [4.69, 9.17) is 21.3 Å². The molecule has 3 aromatic rings. The van der Waals surface area contributed by atoms with Gasteiger partial charge in [-0.3, -0.25) is 9.48 Å². The average molecular weight is 572 g/mol. The molecule has 1 aliphatic heterocycles. The number of hydrogen-bond donors (Lipinski definition) is 2. The predicted octanol–water partition coefficient (Wildman–Crippen LogP) is 4.23. The summed E-state index contributed by atoms with van der Waals surface area (Å²) in [7, 11) is 0. The fourth-order valence-corrected chi connectivity index (χ4v) is 6.87. The van der Waals surface area contributed by atoms with Crippen LogP contribution >= 0.6 is 0 Å². The second-order valence-corrected chi connectivity index (χ2v) is 12.5. The third-order valence-electron chi connectivity index (χ3n) is 8.51. The fourth-order valence-electron chi connectivity index (χ4n) is 6.87. The van der Waals surface area contributed by atoms with Crippen LogP contribution < -0.4 is 11.5 Å². The number of nitrogens with zero attached hydrogens (tertiary/aromatic N) is 5. The van der Waals surface area contributed by atoms with Gasteiger partial charge in [0.15, 0.2) is 0 Å². The Bertz CT molecular complexity index is 1570. The highest BCUT2D eigenvalue weighted by Gasteiger charge is 2.79. The number of anilines is 1. The topological polar surface area (TPSA) is 134 Å². The van der Waals surface area contributed by atoms with Crippen LogP contribution in [0.15, 0.2) is 30.6 Å². The van der Waals surface area contributed by atoms with Crippen molar-refractivity contribution in [3.63, 3.8) is 0 Å². The average Bonchev–Trinajstić information content (AvgIpc) is 3.32. The minimum Gasteiger partial charge on any atom is -0.444 e. The first-order valence-corrected chi connectivity index (χ1v) is 13.4. The molecule has 10 nitrogen and oxygen atoms in total. The largest absolute Gasteiger partial charge is 0.444 e. The molecule has 6 rings (SSSR count). The van der Waals surface area contributed by atoms with Gasteiger partial charge in [0.25, 0.3) is 5.91 Å². The van der Waals surface area contributed by atoms with Gasteiger partial charge in [0.2, 0.25) is 0 Å². The van der Waals surface area contributed by atoms with E-state index >= 15 is 0 Å². The first-order valence-electron chi connectivity index (χ1n) is 13.4. The van der Waals surface area contributed by atoms with Crippen LogP contribution in [-0.4, -0.2) is 55.2 Å². The van der Waals surface area contributed by atoms with Crippen molar-refractivity contribution in [1.29, 1.82) is 0 Å². The maximum atomic E-state index is 13.3. The number of ether oxygens (including phenoxy) is 1. The highest BCUT2D eigenvalue weighted by atomic mass is 19.4. The van der Waals surface area contributed by atoms with Gasteiger partial charge < -0.3 is 21.1 Å². The number of alkyl halides is 3. The number of nitrogen functional groups attached to an aromatic ring is 1. The molecule has 2 aliphatic carbocycles. The van der Waals surface area contributed by atoms with Crippen LogP contribution in [0, 0.1) is 24.2 Å². The molecule has 4 N–H and O–H groups in total. The van der Waals surface area contributed by atoms with E-state index in [2.05, 4.69) is 5.10 Å². The maximum absolute atomic E-state index is 13.3. The molecule has 0 radical (unpaired) electrons. The van der Waals surface area contributed by atoms with E-state index in [1.54, 1.807) is 28.8 Å². The lowest BCUT2D eigenvalue weighted by atomic mass is 9.80. The van der Waals surface area contributed by atoms with Gasteiger partial charge in [-0.2, -0.15) is 23.4 Å². The Hall–Kier alpha value is -4.03. The van der Waals surface area contributed by atoms with Crippen molar-refractivity contribution in [2.24, 2.45) is 23.0 Å². The Morgan fingerprint density at radius 3 is 2.56 bits per heavy atom. The van der Waals surface area contributed by atoms with E-state index in [0.29, 0.717) is 35.7 Å². The number of likely N-dealkylation sites (tertiary alicyclic amines) is 1. The predicted molar refractivity (Wildman–Crippen MR) is 143 cm³/mol. The number of benzene rings is 1. The number of amides is 2. The van der Waals surface area contributed by atoms with E-state index in [-0.39, 0.29) is 47.1 Å². The minimum atomic E-state index is -4.45. The van der Waals surface area contributed by atoms with Crippen molar-refractivity contribution in [2.75, 3.05) is 18.8 Å². The third kappa shape index (κ3) is 4.51. The van der Waals surface area contributed by atoms with Crippen LogP contribution in [0.4, 0.5) is 23.8 Å². The van der Waals surface area contributed by atoms with Gasteiger partial charge >= 0.3 is 12.3 Å². The smallest absolute Gasteiger partial charge is 0.416 e. The monoisotopic (exact) mass is 571 g/mol. The van der Waals surface area contributed by atoms with Gasteiger partial charge in [0.1, 0.15) is 22.7 Å². The second-order valence-electron chi connectivity index (χ2n) is 12.5. The van der Waals surface area contributed by atoms with E-state index < -0.39 is 23.2 Å². The van der Waals surface area contributed by atoms with Crippen molar-refractivity contribution in [3.8, 4) is 11.3 Å². The van der Waals surface area contributed by atoms with Crippen LogP contribution in [0.1, 0.15) is 60.3 Å². The number of fused-ring (bicyclic) bond motifs is 1. The zero-order valence-corrected chi connectivity index (χ0v) is 23.2. The lowest BCUT2D eigenvalue weighted by molar-refractivity contribution is -0.137. The number of rotatable bonds is 5. The van der Waals surface area contributed by atoms with Crippen molar-refractivity contribution >= 4 is 17.8 Å². The zero-order chi connectivity index (χ0) is 29.6. The summed E-state index contributed by atoms with van der Waals surface area (Å²) < 4.78 is 48.5. The zero-order valence-electron chi connectivity index (χ0n) is 23.2. The minimum absolute atomic E-state index is 0.0149. The Balaban J connectivity index is 1.21. The molecule has 1 saturated heterocycles. The first-order chi connectivity index (χ1) is 19.1. The van der Waals surface area contributed by atoms with Gasteiger partial charge in [0.05, 0.1) is 24.3 Å². The molecule has 1 aromatic carbocycles. The highest BCUT2D eigenvalue weighted by Crippen LogP contribution is 2.79. The fraction of sp³-hybridized carbons (Fsp3) is 0.500. The van der Waals surface area contributed by atoms with E-state index in [1.807, 2.05) is 20.8 Å². The number of hydrogen-bond acceptors (Lipinski definition) is 6. The SMILES string of the molecule is Cc1cc(Cn2cc(-c3nn([C@@H]4C[C@]56CN(C(=O)OC(C)(C)C)CC5[C@H]46)c(N)c3C(N)=O)cn2)cc(C(F)(F)F)c1. The summed E-state index contributed by atoms with van der Waals surface area (Å²) in [6.45, 7) is 8.44. The molecule has 13 heteroatoms. The Kier molecular flexibility index (Phi) is 5.78. The summed E-state index contributed by atoms with van der Waals surface area (Å²) in [5.41, 5.74) is 12.6. The van der Waals surface area contributed by atoms with E-state index in [1.165, 1.54) is 10.9 Å².